The quantitative estimate of drug-likeness (QED) is 0.783. The van der Waals surface area contributed by atoms with Gasteiger partial charge in [0.05, 0.1) is 5.56 Å². The summed E-state index contributed by atoms with van der Waals surface area (Å²) in [5.74, 6) is -2.73. The summed E-state index contributed by atoms with van der Waals surface area (Å²) in [7, 11) is 0. The Kier molecular flexibility index (Phi) is 6.68. The molecule has 3 amide bonds. The van der Waals surface area contributed by atoms with Gasteiger partial charge in [0.15, 0.2) is 6.10 Å². The zero-order valence-electron chi connectivity index (χ0n) is 13.8. The summed E-state index contributed by atoms with van der Waals surface area (Å²) in [4.78, 5) is 35.6. The fourth-order valence-electron chi connectivity index (χ4n) is 1.97. The maximum Gasteiger partial charge on any atom is 0.341 e. The van der Waals surface area contributed by atoms with Gasteiger partial charge in [-0.3, -0.25) is 10.1 Å². The van der Waals surface area contributed by atoms with Gasteiger partial charge in [-0.15, -0.1) is 0 Å². The number of amides is 3. The molecule has 0 fully saturated rings. The molecule has 0 bridgehead atoms. The van der Waals surface area contributed by atoms with Crippen molar-refractivity contribution in [2.45, 2.75) is 19.6 Å². The van der Waals surface area contributed by atoms with Crippen molar-refractivity contribution < 1.29 is 23.5 Å². The second kappa shape index (κ2) is 8.96. The number of rotatable bonds is 5. The molecule has 0 aliphatic carbocycles. The zero-order valence-corrected chi connectivity index (χ0v) is 14.5. The fourth-order valence-corrected chi connectivity index (χ4v) is 2.14. The molecule has 0 aromatic heterocycles. The molecule has 0 heterocycles. The average Bonchev–Trinajstić information content (AvgIpc) is 2.62. The molecule has 6 nitrogen and oxygen atoms in total. The smallest absolute Gasteiger partial charge is 0.341 e. The van der Waals surface area contributed by atoms with Gasteiger partial charge in [0, 0.05) is 11.6 Å². The molecule has 26 heavy (non-hydrogen) atoms. The number of nitrogens with one attached hydrogen (secondary N) is 2. The third-order valence-corrected chi connectivity index (χ3v) is 3.57. The van der Waals surface area contributed by atoms with E-state index in [0.717, 1.165) is 17.7 Å². The summed E-state index contributed by atoms with van der Waals surface area (Å²) in [6, 6.07) is 11.7. The number of urea groups is 1. The van der Waals surface area contributed by atoms with Crippen LogP contribution in [0.3, 0.4) is 0 Å². The summed E-state index contributed by atoms with van der Waals surface area (Å²) in [6.07, 6.45) is -1.30. The Morgan fingerprint density at radius 3 is 2.54 bits per heavy atom. The van der Waals surface area contributed by atoms with E-state index < -0.39 is 35.4 Å². The molecule has 0 spiro atoms. The van der Waals surface area contributed by atoms with Crippen LogP contribution in [0, 0.1) is 5.82 Å². The number of esters is 1. The summed E-state index contributed by atoms with van der Waals surface area (Å²) >= 11 is 5.71. The van der Waals surface area contributed by atoms with E-state index in [2.05, 4.69) is 5.32 Å². The Bertz CT molecular complexity index is 814. The third kappa shape index (κ3) is 5.56. The molecule has 2 N–H and O–H groups in total. The minimum absolute atomic E-state index is 0.149. The standard InChI is InChI=1S/C18H16ClFN2O4/c1-11(26-17(24)14-9-13(19)7-8-15(14)20)16(23)22-18(25)21-10-12-5-3-2-4-6-12/h2-9,11H,10H2,1H3,(H2,21,22,23,25)/t11-/m0/s1. The maximum atomic E-state index is 13.6. The predicted molar refractivity (Wildman–Crippen MR) is 93.1 cm³/mol. The highest BCUT2D eigenvalue weighted by Crippen LogP contribution is 2.16. The van der Waals surface area contributed by atoms with E-state index in [-0.39, 0.29) is 11.6 Å². The highest BCUT2D eigenvalue weighted by atomic mass is 35.5. The number of benzene rings is 2. The van der Waals surface area contributed by atoms with Crippen LogP contribution in [0.2, 0.25) is 5.02 Å². The first-order valence-corrected chi connectivity index (χ1v) is 8.03. The van der Waals surface area contributed by atoms with Crippen molar-refractivity contribution in [3.05, 3.63) is 70.5 Å². The molecule has 0 unspecified atom stereocenters. The molecule has 1 atom stereocenters. The van der Waals surface area contributed by atoms with Crippen LogP contribution in [0.1, 0.15) is 22.8 Å². The minimum Gasteiger partial charge on any atom is -0.449 e. The number of imide groups is 1. The lowest BCUT2D eigenvalue weighted by Gasteiger charge is -2.13. The fraction of sp³-hybridized carbons (Fsp3) is 0.167. The SMILES string of the molecule is C[C@H](OC(=O)c1cc(Cl)ccc1F)C(=O)NC(=O)NCc1ccccc1. The highest BCUT2D eigenvalue weighted by molar-refractivity contribution is 6.30. The number of halogens is 2. The van der Waals surface area contributed by atoms with Crippen LogP contribution in [-0.2, 0) is 16.1 Å². The first-order chi connectivity index (χ1) is 12.4. The maximum absolute atomic E-state index is 13.6. The van der Waals surface area contributed by atoms with Crippen LogP contribution in [-0.4, -0.2) is 24.0 Å². The average molecular weight is 379 g/mol. The molecule has 2 aromatic carbocycles. The minimum atomic E-state index is -1.30. The highest BCUT2D eigenvalue weighted by Gasteiger charge is 2.22. The van der Waals surface area contributed by atoms with Gasteiger partial charge in [0.25, 0.3) is 5.91 Å². The van der Waals surface area contributed by atoms with Crippen molar-refractivity contribution in [1.82, 2.24) is 10.6 Å². The topological polar surface area (TPSA) is 84.5 Å². The molecule has 136 valence electrons. The van der Waals surface area contributed by atoms with E-state index in [1.165, 1.54) is 13.0 Å². The molecular weight excluding hydrogens is 363 g/mol. The second-order valence-electron chi connectivity index (χ2n) is 5.33. The van der Waals surface area contributed by atoms with E-state index in [9.17, 15) is 18.8 Å². The van der Waals surface area contributed by atoms with Crippen LogP contribution in [0.15, 0.2) is 48.5 Å². The van der Waals surface area contributed by atoms with Crippen LogP contribution >= 0.6 is 11.6 Å². The monoisotopic (exact) mass is 378 g/mol. The van der Waals surface area contributed by atoms with Crippen molar-refractivity contribution in [2.75, 3.05) is 0 Å². The molecule has 0 saturated heterocycles. The number of hydrogen-bond acceptors (Lipinski definition) is 4. The van der Waals surface area contributed by atoms with Crippen molar-refractivity contribution in [3.63, 3.8) is 0 Å². The van der Waals surface area contributed by atoms with E-state index >= 15 is 0 Å². The van der Waals surface area contributed by atoms with Gasteiger partial charge in [0.1, 0.15) is 5.82 Å². The number of hydrogen-bond donors (Lipinski definition) is 2. The van der Waals surface area contributed by atoms with Crippen molar-refractivity contribution in [1.29, 1.82) is 0 Å². The summed E-state index contributed by atoms with van der Waals surface area (Å²) in [5, 5.41) is 4.69. The first-order valence-electron chi connectivity index (χ1n) is 7.65. The first kappa shape index (κ1) is 19.4. The van der Waals surface area contributed by atoms with E-state index in [1.54, 1.807) is 0 Å². The lowest BCUT2D eigenvalue weighted by atomic mass is 10.2. The Morgan fingerprint density at radius 2 is 1.85 bits per heavy atom. The Hall–Kier alpha value is -2.93. The Labute approximate surface area is 154 Å². The molecule has 8 heteroatoms. The predicted octanol–water partition coefficient (Wildman–Crippen LogP) is 3.05. The van der Waals surface area contributed by atoms with Gasteiger partial charge in [-0.2, -0.15) is 0 Å². The van der Waals surface area contributed by atoms with E-state index in [4.69, 9.17) is 16.3 Å². The molecule has 0 aliphatic heterocycles. The zero-order chi connectivity index (χ0) is 19.1. The molecule has 2 rings (SSSR count). The van der Waals surface area contributed by atoms with Gasteiger partial charge in [-0.25, -0.2) is 14.0 Å². The number of carbonyl (C=O) groups is 3. The largest absolute Gasteiger partial charge is 0.449 e. The van der Waals surface area contributed by atoms with E-state index in [0.29, 0.717) is 0 Å². The third-order valence-electron chi connectivity index (χ3n) is 3.33. The van der Waals surface area contributed by atoms with E-state index in [1.807, 2.05) is 35.6 Å². The Morgan fingerprint density at radius 1 is 1.15 bits per heavy atom. The van der Waals surface area contributed by atoms with Crippen molar-refractivity contribution in [2.24, 2.45) is 0 Å². The summed E-state index contributed by atoms with van der Waals surface area (Å²) in [6.45, 7) is 1.49. The van der Waals surface area contributed by atoms with Crippen molar-refractivity contribution in [3.8, 4) is 0 Å². The van der Waals surface area contributed by atoms with Gasteiger partial charge >= 0.3 is 12.0 Å². The summed E-state index contributed by atoms with van der Waals surface area (Å²) < 4.78 is 18.5. The number of carbonyl (C=O) groups excluding carboxylic acids is 3. The molecule has 2 aromatic rings. The molecule has 0 saturated carbocycles. The van der Waals surface area contributed by atoms with Gasteiger partial charge in [-0.1, -0.05) is 41.9 Å². The molecule has 0 aliphatic rings. The second-order valence-corrected chi connectivity index (χ2v) is 5.77. The summed E-state index contributed by atoms with van der Waals surface area (Å²) in [5.41, 5.74) is 0.455. The Balaban J connectivity index is 1.85. The van der Waals surface area contributed by atoms with Crippen LogP contribution in [0.4, 0.5) is 9.18 Å². The van der Waals surface area contributed by atoms with Crippen molar-refractivity contribution >= 4 is 29.5 Å². The van der Waals surface area contributed by atoms with Crippen LogP contribution in [0.25, 0.3) is 0 Å². The molecule has 0 radical (unpaired) electrons. The normalized spacial score (nSPS) is 11.3. The van der Waals surface area contributed by atoms with Crippen LogP contribution in [0.5, 0.6) is 0 Å². The molecular formula is C18H16ClFN2O4. The lowest BCUT2D eigenvalue weighted by Crippen LogP contribution is -2.44. The van der Waals surface area contributed by atoms with Crippen LogP contribution < -0.4 is 10.6 Å². The van der Waals surface area contributed by atoms with Gasteiger partial charge in [0.2, 0.25) is 0 Å². The number of ether oxygens (including phenoxy) is 1. The van der Waals surface area contributed by atoms with Gasteiger partial charge in [-0.05, 0) is 30.7 Å². The lowest BCUT2D eigenvalue weighted by molar-refractivity contribution is -0.127. The van der Waals surface area contributed by atoms with Gasteiger partial charge < -0.3 is 10.1 Å².